The molecule has 0 atom stereocenters. The summed E-state index contributed by atoms with van der Waals surface area (Å²) in [5, 5.41) is 15.5. The van der Waals surface area contributed by atoms with Crippen molar-refractivity contribution in [3.05, 3.63) is 59.8 Å². The zero-order valence-corrected chi connectivity index (χ0v) is 11.9. The molecule has 2 rings (SSSR count). The number of nitrogens with one attached hydrogen (secondary N) is 1. The van der Waals surface area contributed by atoms with Crippen molar-refractivity contribution >= 4 is 17.1 Å². The molecule has 0 aliphatic carbocycles. The van der Waals surface area contributed by atoms with Crippen LogP contribution in [-0.4, -0.2) is 26.0 Å². The van der Waals surface area contributed by atoms with Crippen LogP contribution in [0.25, 0.3) is 0 Å². The fourth-order valence-electron chi connectivity index (χ4n) is 1.70. The molecular formula is C15H19N4O+. The molecule has 0 unspecified atom stereocenters. The van der Waals surface area contributed by atoms with Gasteiger partial charge in [-0.25, -0.2) is 0 Å². The lowest BCUT2D eigenvalue weighted by atomic mass is 10.2. The van der Waals surface area contributed by atoms with Crippen molar-refractivity contribution in [1.82, 2.24) is 4.48 Å². The maximum Gasteiger partial charge on any atom is 0.154 e. The van der Waals surface area contributed by atoms with Gasteiger partial charge in [-0.1, -0.05) is 18.2 Å². The third kappa shape index (κ3) is 3.55. The monoisotopic (exact) mass is 271 g/mol. The van der Waals surface area contributed by atoms with Gasteiger partial charge in [0, 0.05) is 12.1 Å². The lowest BCUT2D eigenvalue weighted by molar-refractivity contribution is -0.439. The molecule has 0 aliphatic heterocycles. The Hall–Kier alpha value is -2.40. The highest BCUT2D eigenvalue weighted by molar-refractivity contribution is 5.52. The average molecular weight is 271 g/mol. The Morgan fingerprint density at radius 3 is 2.10 bits per heavy atom. The van der Waals surface area contributed by atoms with Crippen LogP contribution in [0.15, 0.2) is 59.8 Å². The number of nitrogens with zero attached hydrogens (tertiary/aromatic N) is 3. The molecule has 0 saturated heterocycles. The van der Waals surface area contributed by atoms with Crippen LogP contribution in [0.1, 0.15) is 0 Å². The summed E-state index contributed by atoms with van der Waals surface area (Å²) >= 11 is 0. The predicted molar refractivity (Wildman–Crippen MR) is 81.8 cm³/mol. The molecule has 5 heteroatoms. The molecule has 1 N–H and O–H groups in total. The van der Waals surface area contributed by atoms with Crippen LogP contribution in [0, 0.1) is 5.21 Å². The van der Waals surface area contributed by atoms with Gasteiger partial charge in [0.1, 0.15) is 11.4 Å². The van der Waals surface area contributed by atoms with Crippen molar-refractivity contribution in [2.45, 2.75) is 0 Å². The summed E-state index contributed by atoms with van der Waals surface area (Å²) in [7, 11) is 6.30. The van der Waals surface area contributed by atoms with Crippen LogP contribution in [0.3, 0.4) is 0 Å². The van der Waals surface area contributed by atoms with Gasteiger partial charge in [-0.2, -0.15) is 0 Å². The van der Waals surface area contributed by atoms with E-state index in [1.165, 1.54) is 5.69 Å². The van der Waals surface area contributed by atoms with Gasteiger partial charge in [-0.15, -0.1) is 10.3 Å². The number of rotatable bonds is 4. The molecule has 0 amide bonds. The number of para-hydroxylation sites is 1. The number of hydrogen-bond donors (Lipinski definition) is 1. The van der Waals surface area contributed by atoms with Gasteiger partial charge in [0.15, 0.2) is 5.69 Å². The zero-order valence-electron chi connectivity index (χ0n) is 11.9. The van der Waals surface area contributed by atoms with E-state index in [1.54, 1.807) is 24.3 Å². The van der Waals surface area contributed by atoms with E-state index in [0.29, 0.717) is 10.5 Å². The Bertz CT molecular complexity index is 586. The Labute approximate surface area is 118 Å². The minimum atomic E-state index is 0.489. The Balaban J connectivity index is 2.08. The molecule has 5 nitrogen and oxygen atoms in total. The van der Waals surface area contributed by atoms with E-state index in [1.807, 2.05) is 30.3 Å². The highest BCUT2D eigenvalue weighted by Gasteiger charge is 2.11. The first kappa shape index (κ1) is 14.0. The molecule has 0 bridgehead atoms. The van der Waals surface area contributed by atoms with Gasteiger partial charge >= 0.3 is 0 Å². The molecule has 0 heterocycles. The van der Waals surface area contributed by atoms with Gasteiger partial charge in [-0.05, 0) is 24.3 Å². The topological polar surface area (TPSA) is 50.5 Å². The molecule has 0 aliphatic rings. The SMILES string of the molecule is C[N+](C)(C)c1ccc(N/N=[N+](\[O-])c2ccccc2)cc1. The van der Waals surface area contributed by atoms with Crippen LogP contribution in [0.2, 0.25) is 0 Å². The quantitative estimate of drug-likeness (QED) is 0.400. The molecule has 2 aromatic rings. The fourth-order valence-corrected chi connectivity index (χ4v) is 1.70. The molecule has 104 valence electrons. The first-order valence-electron chi connectivity index (χ1n) is 6.38. The molecular weight excluding hydrogens is 252 g/mol. The molecule has 0 aromatic heterocycles. The van der Waals surface area contributed by atoms with Crippen molar-refractivity contribution < 1.29 is 4.86 Å². The second kappa shape index (κ2) is 5.71. The predicted octanol–water partition coefficient (Wildman–Crippen LogP) is 3.50. The van der Waals surface area contributed by atoms with Crippen LogP contribution in [-0.2, 0) is 0 Å². The molecule has 0 saturated carbocycles. The Morgan fingerprint density at radius 2 is 1.55 bits per heavy atom. The summed E-state index contributed by atoms with van der Waals surface area (Å²) in [4.78, 5) is 0.563. The maximum atomic E-state index is 11.7. The third-order valence-corrected chi connectivity index (χ3v) is 2.89. The van der Waals surface area contributed by atoms with Gasteiger partial charge in [0.25, 0.3) is 0 Å². The molecule has 0 fully saturated rings. The summed E-state index contributed by atoms with van der Waals surface area (Å²) in [6.45, 7) is 0. The first-order chi connectivity index (χ1) is 9.47. The van der Waals surface area contributed by atoms with E-state index < -0.39 is 0 Å². The minimum absolute atomic E-state index is 0.489. The lowest BCUT2D eigenvalue weighted by Gasteiger charge is -2.23. The smallest absolute Gasteiger partial charge is 0.154 e. The molecule has 0 radical (unpaired) electrons. The zero-order chi connectivity index (χ0) is 14.6. The van der Waals surface area contributed by atoms with Crippen molar-refractivity contribution in [2.24, 2.45) is 5.22 Å². The van der Waals surface area contributed by atoms with Gasteiger partial charge < -0.3 is 5.21 Å². The summed E-state index contributed by atoms with van der Waals surface area (Å²) in [6.07, 6.45) is 0. The standard InChI is InChI=1S/C15H19N4O/c1-19(2,3)15-11-9-13(10-12-15)16-17-18(20)14-7-5-4-6-8-14/h4-12,16H,1-3H3/q+1/b18-17-. The first-order valence-corrected chi connectivity index (χ1v) is 6.38. The number of anilines is 1. The number of quaternary nitrogens is 1. The van der Waals surface area contributed by atoms with E-state index in [0.717, 1.165) is 10.2 Å². The van der Waals surface area contributed by atoms with E-state index >= 15 is 0 Å². The number of hydrogen-bond acceptors (Lipinski definition) is 2. The van der Waals surface area contributed by atoms with E-state index in [2.05, 4.69) is 31.8 Å². The Morgan fingerprint density at radius 1 is 0.950 bits per heavy atom. The third-order valence-electron chi connectivity index (χ3n) is 2.89. The second-order valence-corrected chi connectivity index (χ2v) is 5.38. The van der Waals surface area contributed by atoms with Gasteiger partial charge in [-0.3, -0.25) is 4.48 Å². The highest BCUT2D eigenvalue weighted by Crippen LogP contribution is 2.19. The van der Waals surface area contributed by atoms with Crippen LogP contribution in [0.4, 0.5) is 17.1 Å². The summed E-state index contributed by atoms with van der Waals surface area (Å²) < 4.78 is 0.745. The molecule has 2 aromatic carbocycles. The average Bonchev–Trinajstić information content (AvgIpc) is 2.45. The largest absolute Gasteiger partial charge is 0.691 e. The summed E-state index contributed by atoms with van der Waals surface area (Å²) in [6, 6.07) is 16.7. The normalized spacial score (nSPS) is 12.2. The Kier molecular flexibility index (Phi) is 4.00. The summed E-state index contributed by atoms with van der Waals surface area (Å²) in [5.74, 6) is 0. The van der Waals surface area contributed by atoms with Gasteiger partial charge in [0.05, 0.1) is 26.4 Å². The van der Waals surface area contributed by atoms with E-state index in [9.17, 15) is 5.21 Å². The van der Waals surface area contributed by atoms with Crippen molar-refractivity contribution in [3.63, 3.8) is 0 Å². The van der Waals surface area contributed by atoms with Crippen molar-refractivity contribution in [2.75, 3.05) is 26.6 Å². The fraction of sp³-hybridized carbons (Fsp3) is 0.200. The molecule has 0 spiro atoms. The van der Waals surface area contributed by atoms with Crippen LogP contribution in [0.5, 0.6) is 0 Å². The maximum absolute atomic E-state index is 11.7. The minimum Gasteiger partial charge on any atom is -0.691 e. The number of benzene rings is 2. The van der Waals surface area contributed by atoms with Crippen molar-refractivity contribution in [3.8, 4) is 0 Å². The van der Waals surface area contributed by atoms with Gasteiger partial charge in [0.2, 0.25) is 0 Å². The van der Waals surface area contributed by atoms with Crippen LogP contribution < -0.4 is 9.91 Å². The van der Waals surface area contributed by atoms with Crippen LogP contribution >= 0.6 is 0 Å². The van der Waals surface area contributed by atoms with E-state index in [4.69, 9.17) is 0 Å². The summed E-state index contributed by atoms with van der Waals surface area (Å²) in [5.41, 5.74) is 5.20. The van der Waals surface area contributed by atoms with Crippen molar-refractivity contribution in [1.29, 1.82) is 0 Å². The van der Waals surface area contributed by atoms with E-state index in [-0.39, 0.29) is 0 Å². The second-order valence-electron chi connectivity index (χ2n) is 5.38. The highest BCUT2D eigenvalue weighted by atomic mass is 16.5. The lowest BCUT2D eigenvalue weighted by Crippen LogP contribution is -2.34. The molecule has 20 heavy (non-hydrogen) atoms.